The summed E-state index contributed by atoms with van der Waals surface area (Å²) in [6.07, 6.45) is 7.55. The molecule has 0 saturated heterocycles. The van der Waals surface area contributed by atoms with Gasteiger partial charge in [0, 0.05) is 7.11 Å². The molecule has 8 heteroatoms. The van der Waals surface area contributed by atoms with Gasteiger partial charge in [-0.15, -0.1) is 0 Å². The molecule has 27 heavy (non-hydrogen) atoms. The van der Waals surface area contributed by atoms with Gasteiger partial charge < -0.3 is 19.3 Å². The predicted octanol–water partition coefficient (Wildman–Crippen LogP) is 2.83. The van der Waals surface area contributed by atoms with Crippen molar-refractivity contribution in [2.45, 2.75) is 34.1 Å². The van der Waals surface area contributed by atoms with Crippen LogP contribution < -0.4 is 0 Å². The van der Waals surface area contributed by atoms with E-state index in [9.17, 15) is 8.42 Å². The van der Waals surface area contributed by atoms with Gasteiger partial charge in [-0.3, -0.25) is 4.18 Å². The van der Waals surface area contributed by atoms with Gasteiger partial charge in [0.2, 0.25) is 0 Å². The van der Waals surface area contributed by atoms with Gasteiger partial charge in [0.1, 0.15) is 0 Å². The molecule has 0 aromatic heterocycles. The van der Waals surface area contributed by atoms with Crippen molar-refractivity contribution in [1.29, 1.82) is 0 Å². The highest BCUT2D eigenvalue weighted by Crippen LogP contribution is 2.16. The summed E-state index contributed by atoms with van der Waals surface area (Å²) in [4.78, 5) is 0.219. The van der Waals surface area contributed by atoms with E-state index in [-0.39, 0.29) is 18.1 Å². The molecule has 0 aromatic carbocycles. The van der Waals surface area contributed by atoms with Crippen molar-refractivity contribution in [3.8, 4) is 0 Å². The minimum atomic E-state index is -3.55. The van der Waals surface area contributed by atoms with Crippen molar-refractivity contribution in [1.82, 2.24) is 0 Å². The third kappa shape index (κ3) is 16.8. The number of methoxy groups -OCH3 is 1. The van der Waals surface area contributed by atoms with E-state index in [1.54, 1.807) is 32.3 Å². The monoisotopic (exact) mass is 408 g/mol. The maximum absolute atomic E-state index is 11.5. The number of ether oxygens (including phenoxy) is 3. The molecule has 1 rings (SSSR count). The fraction of sp³-hybridized carbons (Fsp3) is 0.684. The van der Waals surface area contributed by atoms with Crippen molar-refractivity contribution < 1.29 is 31.9 Å². The van der Waals surface area contributed by atoms with Crippen molar-refractivity contribution in [2.24, 2.45) is 0 Å². The molecule has 0 saturated carbocycles. The van der Waals surface area contributed by atoms with Gasteiger partial charge in [-0.05, 0) is 32.4 Å². The lowest BCUT2D eigenvalue weighted by Crippen LogP contribution is -2.09. The zero-order chi connectivity index (χ0) is 21.0. The van der Waals surface area contributed by atoms with Crippen LogP contribution >= 0.6 is 0 Å². The highest BCUT2D eigenvalue weighted by molar-refractivity contribution is 7.90. The van der Waals surface area contributed by atoms with Crippen LogP contribution in [0.3, 0.4) is 0 Å². The summed E-state index contributed by atoms with van der Waals surface area (Å²) in [6.45, 7) is 10.5. The van der Waals surface area contributed by atoms with Gasteiger partial charge in [-0.2, -0.15) is 8.42 Å². The second kappa shape index (κ2) is 19.7. The smallest absolute Gasteiger partial charge is 0.296 e. The van der Waals surface area contributed by atoms with Gasteiger partial charge in [-0.1, -0.05) is 31.6 Å². The Morgan fingerprint density at radius 1 is 1.04 bits per heavy atom. The molecule has 0 spiro atoms. The molecular formula is C19H36O7S. The zero-order valence-electron chi connectivity index (χ0n) is 17.3. The zero-order valence-corrected chi connectivity index (χ0v) is 18.1. The number of hydrogen-bond donors (Lipinski definition) is 1. The molecule has 0 heterocycles. The summed E-state index contributed by atoms with van der Waals surface area (Å²) in [6, 6.07) is 0. The molecule has 0 aromatic rings. The first-order chi connectivity index (χ1) is 13.0. The molecule has 1 aliphatic carbocycles. The molecule has 1 aliphatic rings. The molecule has 0 radical (unpaired) electrons. The van der Waals surface area contributed by atoms with E-state index in [1.165, 1.54) is 0 Å². The van der Waals surface area contributed by atoms with E-state index in [2.05, 4.69) is 4.18 Å². The largest absolute Gasteiger partial charge is 0.394 e. The molecule has 0 fully saturated rings. The standard InChI is InChI=1S/C10H14O3S.C7H16O4.C2H6/c1-3-13-14(11,12)10-6-4-5-9(2)7-8-10;1-9-4-5-11-7-6-10-3-2-8;1-2/h4,6-8H,3,5H2,1-2H3;8H,2-7H2,1H3;1-2H3. The maximum Gasteiger partial charge on any atom is 0.296 e. The van der Waals surface area contributed by atoms with Crippen LogP contribution in [0.15, 0.2) is 34.8 Å². The van der Waals surface area contributed by atoms with E-state index < -0.39 is 10.1 Å². The van der Waals surface area contributed by atoms with E-state index in [0.29, 0.717) is 33.0 Å². The SMILES string of the molecule is CC.CCOS(=O)(=O)C1=CC=C(C)CC=C1.COCCOCCOCCO. The van der Waals surface area contributed by atoms with E-state index >= 15 is 0 Å². The third-order valence-electron chi connectivity index (χ3n) is 2.86. The average molecular weight is 409 g/mol. The van der Waals surface area contributed by atoms with E-state index in [0.717, 1.165) is 12.0 Å². The molecule has 0 atom stereocenters. The highest BCUT2D eigenvalue weighted by Gasteiger charge is 2.15. The van der Waals surface area contributed by atoms with Crippen LogP contribution in [-0.4, -0.2) is 66.9 Å². The van der Waals surface area contributed by atoms with Crippen molar-refractivity contribution in [3.05, 3.63) is 34.8 Å². The topological polar surface area (TPSA) is 91.3 Å². The van der Waals surface area contributed by atoms with Crippen LogP contribution in [0.5, 0.6) is 0 Å². The summed E-state index contributed by atoms with van der Waals surface area (Å²) < 4.78 is 42.4. The summed E-state index contributed by atoms with van der Waals surface area (Å²) in [5.74, 6) is 0. The summed E-state index contributed by atoms with van der Waals surface area (Å²) in [5.41, 5.74) is 1.13. The summed E-state index contributed by atoms with van der Waals surface area (Å²) in [7, 11) is -1.92. The number of hydrogen-bond acceptors (Lipinski definition) is 7. The number of aliphatic hydroxyl groups is 1. The van der Waals surface area contributed by atoms with Crippen LogP contribution in [0.2, 0.25) is 0 Å². The molecule has 0 amide bonds. The Morgan fingerprint density at radius 2 is 1.63 bits per heavy atom. The van der Waals surface area contributed by atoms with Crippen LogP contribution in [0.1, 0.15) is 34.1 Å². The fourth-order valence-electron chi connectivity index (χ4n) is 1.63. The lowest BCUT2D eigenvalue weighted by Gasteiger charge is -2.03. The van der Waals surface area contributed by atoms with Crippen LogP contribution in [-0.2, 0) is 28.5 Å². The Kier molecular flexibility index (Phi) is 20.6. The van der Waals surface area contributed by atoms with E-state index in [4.69, 9.17) is 19.3 Å². The van der Waals surface area contributed by atoms with Gasteiger partial charge in [0.05, 0.1) is 51.2 Å². The first kappa shape index (κ1) is 28.2. The minimum absolute atomic E-state index is 0.0675. The van der Waals surface area contributed by atoms with Crippen molar-refractivity contribution in [3.63, 3.8) is 0 Å². The number of aliphatic hydroxyl groups excluding tert-OH is 1. The molecule has 1 N–H and O–H groups in total. The normalized spacial score (nSPS) is 13.4. The lowest BCUT2D eigenvalue weighted by atomic mass is 10.2. The Morgan fingerprint density at radius 3 is 2.19 bits per heavy atom. The van der Waals surface area contributed by atoms with Crippen LogP contribution in [0.4, 0.5) is 0 Å². The Bertz CT molecular complexity index is 514. The molecule has 0 unspecified atom stereocenters. The first-order valence-electron chi connectivity index (χ1n) is 9.16. The molecular weight excluding hydrogens is 372 g/mol. The number of allylic oxidation sites excluding steroid dienone is 5. The fourth-order valence-corrected chi connectivity index (χ4v) is 2.57. The van der Waals surface area contributed by atoms with Crippen LogP contribution in [0.25, 0.3) is 0 Å². The number of rotatable bonds is 11. The van der Waals surface area contributed by atoms with Gasteiger partial charge in [0.25, 0.3) is 10.1 Å². The predicted molar refractivity (Wildman–Crippen MR) is 108 cm³/mol. The molecule has 160 valence electrons. The quantitative estimate of drug-likeness (QED) is 0.415. The Labute approximate surface area is 164 Å². The first-order valence-corrected chi connectivity index (χ1v) is 10.6. The van der Waals surface area contributed by atoms with Crippen LogP contribution in [0, 0.1) is 0 Å². The second-order valence-electron chi connectivity index (χ2n) is 4.99. The third-order valence-corrected chi connectivity index (χ3v) is 4.25. The summed E-state index contributed by atoms with van der Waals surface area (Å²) >= 11 is 0. The van der Waals surface area contributed by atoms with Crippen molar-refractivity contribution >= 4 is 10.1 Å². The van der Waals surface area contributed by atoms with Crippen molar-refractivity contribution in [2.75, 3.05) is 53.4 Å². The molecule has 7 nitrogen and oxygen atoms in total. The molecule has 0 aliphatic heterocycles. The minimum Gasteiger partial charge on any atom is -0.394 e. The van der Waals surface area contributed by atoms with E-state index in [1.807, 2.05) is 26.8 Å². The highest BCUT2D eigenvalue weighted by atomic mass is 32.2. The Balaban J connectivity index is 0. The van der Waals surface area contributed by atoms with Gasteiger partial charge in [-0.25, -0.2) is 0 Å². The molecule has 0 bridgehead atoms. The summed E-state index contributed by atoms with van der Waals surface area (Å²) in [5, 5.41) is 8.32. The lowest BCUT2D eigenvalue weighted by molar-refractivity contribution is 0.0159. The van der Waals surface area contributed by atoms with Gasteiger partial charge in [0.15, 0.2) is 0 Å². The average Bonchev–Trinajstić information content (AvgIpc) is 2.88. The van der Waals surface area contributed by atoms with Gasteiger partial charge >= 0.3 is 0 Å². The Hall–Kier alpha value is -1.03. The maximum atomic E-state index is 11.5. The second-order valence-corrected chi connectivity index (χ2v) is 6.61.